The van der Waals surface area contributed by atoms with E-state index in [1.54, 1.807) is 0 Å². The molecule has 0 amide bonds. The molecule has 1 rings (SSSR count). The molecular formula is C15H29NO3. The summed E-state index contributed by atoms with van der Waals surface area (Å²) in [6.45, 7) is 8.97. The third kappa shape index (κ3) is 5.91. The Labute approximate surface area is 117 Å². The SMILES string of the molecule is COC(=O)C(COC1CC(C)CC(C)C1)NC(C)C. The lowest BCUT2D eigenvalue weighted by Gasteiger charge is -2.32. The highest BCUT2D eigenvalue weighted by molar-refractivity contribution is 5.75. The number of carbonyl (C=O) groups is 1. The normalized spacial score (nSPS) is 29.3. The third-order valence-electron chi connectivity index (χ3n) is 3.65. The van der Waals surface area contributed by atoms with E-state index in [1.165, 1.54) is 13.5 Å². The van der Waals surface area contributed by atoms with Gasteiger partial charge in [-0.05, 0) is 31.1 Å². The second-order valence-corrected chi connectivity index (χ2v) is 6.27. The van der Waals surface area contributed by atoms with Gasteiger partial charge in [-0.2, -0.15) is 0 Å². The van der Waals surface area contributed by atoms with E-state index in [9.17, 15) is 4.79 Å². The van der Waals surface area contributed by atoms with Crippen molar-refractivity contribution in [3.05, 3.63) is 0 Å². The van der Waals surface area contributed by atoms with Gasteiger partial charge in [-0.25, -0.2) is 0 Å². The Balaban J connectivity index is 2.44. The van der Waals surface area contributed by atoms with Crippen molar-refractivity contribution in [2.45, 2.75) is 65.1 Å². The molecule has 3 atom stereocenters. The van der Waals surface area contributed by atoms with Gasteiger partial charge in [0.1, 0.15) is 6.04 Å². The lowest BCUT2D eigenvalue weighted by molar-refractivity contribution is -0.146. The summed E-state index contributed by atoms with van der Waals surface area (Å²) in [7, 11) is 1.42. The first kappa shape index (κ1) is 16.4. The van der Waals surface area contributed by atoms with Gasteiger partial charge in [-0.3, -0.25) is 4.79 Å². The van der Waals surface area contributed by atoms with Crippen LogP contribution in [-0.2, 0) is 14.3 Å². The molecule has 19 heavy (non-hydrogen) atoms. The molecule has 0 spiro atoms. The van der Waals surface area contributed by atoms with E-state index < -0.39 is 0 Å². The molecule has 0 bridgehead atoms. The molecule has 112 valence electrons. The molecule has 1 fully saturated rings. The van der Waals surface area contributed by atoms with Crippen molar-refractivity contribution in [1.82, 2.24) is 5.32 Å². The van der Waals surface area contributed by atoms with Crippen LogP contribution in [-0.4, -0.2) is 37.9 Å². The van der Waals surface area contributed by atoms with E-state index in [0.717, 1.165) is 12.8 Å². The summed E-state index contributed by atoms with van der Waals surface area (Å²) in [4.78, 5) is 11.7. The van der Waals surface area contributed by atoms with E-state index >= 15 is 0 Å². The summed E-state index contributed by atoms with van der Waals surface area (Å²) in [5.41, 5.74) is 0. The van der Waals surface area contributed by atoms with Crippen LogP contribution in [0.15, 0.2) is 0 Å². The minimum absolute atomic E-state index is 0.233. The number of ether oxygens (including phenoxy) is 2. The molecule has 0 heterocycles. The van der Waals surface area contributed by atoms with Gasteiger partial charge in [0.2, 0.25) is 0 Å². The van der Waals surface area contributed by atoms with Crippen LogP contribution in [0.1, 0.15) is 47.0 Å². The van der Waals surface area contributed by atoms with Crippen LogP contribution in [0.2, 0.25) is 0 Å². The number of esters is 1. The van der Waals surface area contributed by atoms with Crippen LogP contribution >= 0.6 is 0 Å². The average Bonchev–Trinajstić information content (AvgIpc) is 2.31. The average molecular weight is 271 g/mol. The number of carbonyl (C=O) groups excluding carboxylic acids is 1. The summed E-state index contributed by atoms with van der Waals surface area (Å²) in [6.07, 6.45) is 3.75. The molecule has 0 aromatic heterocycles. The van der Waals surface area contributed by atoms with Crippen molar-refractivity contribution in [3.8, 4) is 0 Å². The Morgan fingerprint density at radius 1 is 1.21 bits per heavy atom. The van der Waals surface area contributed by atoms with Crippen LogP contribution in [0.5, 0.6) is 0 Å². The van der Waals surface area contributed by atoms with Crippen LogP contribution in [0.4, 0.5) is 0 Å². The van der Waals surface area contributed by atoms with Gasteiger partial charge in [-0.15, -0.1) is 0 Å². The van der Waals surface area contributed by atoms with Crippen molar-refractivity contribution < 1.29 is 14.3 Å². The van der Waals surface area contributed by atoms with Crippen LogP contribution in [0.3, 0.4) is 0 Å². The van der Waals surface area contributed by atoms with E-state index in [-0.39, 0.29) is 24.2 Å². The Morgan fingerprint density at radius 3 is 2.26 bits per heavy atom. The minimum Gasteiger partial charge on any atom is -0.468 e. The van der Waals surface area contributed by atoms with Crippen molar-refractivity contribution in [2.75, 3.05) is 13.7 Å². The van der Waals surface area contributed by atoms with Crippen molar-refractivity contribution in [2.24, 2.45) is 11.8 Å². The van der Waals surface area contributed by atoms with E-state index in [2.05, 4.69) is 19.2 Å². The minimum atomic E-state index is -0.363. The van der Waals surface area contributed by atoms with Crippen LogP contribution < -0.4 is 5.32 Å². The monoisotopic (exact) mass is 271 g/mol. The Kier molecular flexibility index (Phi) is 6.80. The predicted octanol–water partition coefficient (Wildman–Crippen LogP) is 2.37. The van der Waals surface area contributed by atoms with E-state index in [4.69, 9.17) is 9.47 Å². The maximum absolute atomic E-state index is 11.7. The largest absolute Gasteiger partial charge is 0.468 e. The highest BCUT2D eigenvalue weighted by atomic mass is 16.5. The Hall–Kier alpha value is -0.610. The molecule has 0 saturated heterocycles. The molecule has 1 aliphatic rings. The number of rotatable bonds is 6. The number of methoxy groups -OCH3 is 1. The molecule has 3 unspecified atom stereocenters. The molecule has 1 aliphatic carbocycles. The highest BCUT2D eigenvalue weighted by Crippen LogP contribution is 2.30. The molecule has 0 aromatic carbocycles. The standard InChI is InChI=1S/C15H29NO3/c1-10(2)16-14(15(17)18-5)9-19-13-7-11(3)6-12(4)8-13/h10-14,16H,6-9H2,1-5H3. The summed E-state index contributed by atoms with van der Waals surface area (Å²) < 4.78 is 10.8. The fourth-order valence-corrected chi connectivity index (χ4v) is 2.97. The fraction of sp³-hybridized carbons (Fsp3) is 0.933. The highest BCUT2D eigenvalue weighted by Gasteiger charge is 2.27. The zero-order valence-corrected chi connectivity index (χ0v) is 12.9. The summed E-state index contributed by atoms with van der Waals surface area (Å²) in [5.74, 6) is 1.18. The molecule has 1 N–H and O–H groups in total. The quantitative estimate of drug-likeness (QED) is 0.753. The summed E-state index contributed by atoms with van der Waals surface area (Å²) >= 11 is 0. The first-order valence-corrected chi connectivity index (χ1v) is 7.37. The molecule has 1 saturated carbocycles. The summed E-state index contributed by atoms with van der Waals surface area (Å²) in [6, 6.07) is -0.130. The fourth-order valence-electron chi connectivity index (χ4n) is 2.97. The zero-order valence-electron chi connectivity index (χ0n) is 12.9. The van der Waals surface area contributed by atoms with E-state index in [0.29, 0.717) is 18.4 Å². The van der Waals surface area contributed by atoms with Crippen LogP contribution in [0.25, 0.3) is 0 Å². The van der Waals surface area contributed by atoms with Gasteiger partial charge < -0.3 is 14.8 Å². The van der Waals surface area contributed by atoms with Crippen molar-refractivity contribution in [3.63, 3.8) is 0 Å². The molecule has 4 nitrogen and oxygen atoms in total. The van der Waals surface area contributed by atoms with Gasteiger partial charge in [0.05, 0.1) is 19.8 Å². The molecule has 4 heteroatoms. The molecule has 0 radical (unpaired) electrons. The van der Waals surface area contributed by atoms with Gasteiger partial charge in [0.15, 0.2) is 0 Å². The van der Waals surface area contributed by atoms with Crippen LogP contribution in [0, 0.1) is 11.8 Å². The maximum atomic E-state index is 11.7. The summed E-state index contributed by atoms with van der Waals surface area (Å²) in [5, 5.41) is 3.19. The van der Waals surface area contributed by atoms with Gasteiger partial charge >= 0.3 is 5.97 Å². The number of nitrogens with one attached hydrogen (secondary N) is 1. The van der Waals surface area contributed by atoms with Crippen molar-refractivity contribution >= 4 is 5.97 Å². The smallest absolute Gasteiger partial charge is 0.325 e. The van der Waals surface area contributed by atoms with Gasteiger partial charge in [-0.1, -0.05) is 27.7 Å². The van der Waals surface area contributed by atoms with Crippen molar-refractivity contribution in [1.29, 1.82) is 0 Å². The zero-order chi connectivity index (χ0) is 14.4. The topological polar surface area (TPSA) is 47.6 Å². The molecule has 0 aliphatic heterocycles. The van der Waals surface area contributed by atoms with Gasteiger partial charge in [0, 0.05) is 6.04 Å². The molecular weight excluding hydrogens is 242 g/mol. The first-order chi connectivity index (χ1) is 8.92. The van der Waals surface area contributed by atoms with Gasteiger partial charge in [0.25, 0.3) is 0 Å². The lowest BCUT2D eigenvalue weighted by atomic mass is 9.82. The first-order valence-electron chi connectivity index (χ1n) is 7.37. The number of hydrogen-bond acceptors (Lipinski definition) is 4. The number of hydrogen-bond donors (Lipinski definition) is 1. The second kappa shape index (κ2) is 7.85. The Bertz CT molecular complexity index is 271. The lowest BCUT2D eigenvalue weighted by Crippen LogP contribution is -2.45. The Morgan fingerprint density at radius 2 is 1.79 bits per heavy atom. The second-order valence-electron chi connectivity index (χ2n) is 6.27. The van der Waals surface area contributed by atoms with E-state index in [1.807, 2.05) is 13.8 Å². The predicted molar refractivity (Wildman–Crippen MR) is 76.0 cm³/mol. The molecule has 0 aromatic rings. The maximum Gasteiger partial charge on any atom is 0.325 e. The third-order valence-corrected chi connectivity index (χ3v) is 3.65.